The van der Waals surface area contributed by atoms with Crippen LogP contribution < -0.4 is 14.8 Å². The Morgan fingerprint density at radius 3 is 2.41 bits per heavy atom. The molecule has 0 aromatic heterocycles. The number of halogens is 1. The highest BCUT2D eigenvalue weighted by Crippen LogP contribution is 2.37. The third kappa shape index (κ3) is 6.37. The van der Waals surface area contributed by atoms with Crippen LogP contribution in [0.2, 0.25) is 5.02 Å². The number of carboxylic acid groups (broad SMARTS) is 1. The Morgan fingerprint density at radius 1 is 1.09 bits per heavy atom. The van der Waals surface area contributed by atoms with E-state index in [4.69, 9.17) is 26.2 Å². The molecule has 1 amide bonds. The van der Waals surface area contributed by atoms with Gasteiger partial charge in [0.2, 0.25) is 0 Å². The number of rotatable bonds is 9. The molecule has 3 rings (SSSR count). The van der Waals surface area contributed by atoms with Crippen LogP contribution in [0.1, 0.15) is 27.0 Å². The van der Waals surface area contributed by atoms with Gasteiger partial charge in [-0.05, 0) is 47.0 Å². The van der Waals surface area contributed by atoms with Gasteiger partial charge in [-0.15, -0.1) is 0 Å². The number of amides is 1. The second kappa shape index (κ2) is 11.5. The van der Waals surface area contributed by atoms with Gasteiger partial charge in [-0.2, -0.15) is 5.26 Å². The van der Waals surface area contributed by atoms with E-state index in [2.05, 4.69) is 5.32 Å². The Kier molecular flexibility index (Phi) is 8.27. The van der Waals surface area contributed by atoms with Gasteiger partial charge in [0.25, 0.3) is 5.91 Å². The summed E-state index contributed by atoms with van der Waals surface area (Å²) >= 11 is 6.40. The summed E-state index contributed by atoms with van der Waals surface area (Å²) in [4.78, 5) is 23.4. The first-order valence-electron chi connectivity index (χ1n) is 10.2. The van der Waals surface area contributed by atoms with Crippen molar-refractivity contribution >= 4 is 29.6 Å². The van der Waals surface area contributed by atoms with Gasteiger partial charge in [-0.25, -0.2) is 4.79 Å². The summed E-state index contributed by atoms with van der Waals surface area (Å²) in [6.07, 6.45) is 1.42. The lowest BCUT2D eigenvalue weighted by atomic mass is 10.1. The fourth-order valence-corrected chi connectivity index (χ4v) is 3.32. The van der Waals surface area contributed by atoms with E-state index in [0.717, 1.165) is 11.1 Å². The van der Waals surface area contributed by atoms with Gasteiger partial charge < -0.3 is 19.9 Å². The SMILES string of the molecule is COc1cc(/C=C(\C#N)C(=O)NCc2ccccc2)cc(Cl)c1OCc1ccc(C(=O)O)cc1. The van der Waals surface area contributed by atoms with Crippen molar-refractivity contribution in [2.75, 3.05) is 7.11 Å². The van der Waals surface area contributed by atoms with E-state index in [0.29, 0.717) is 17.9 Å². The number of ether oxygens (including phenoxy) is 2. The number of carboxylic acids is 1. The number of nitriles is 1. The highest BCUT2D eigenvalue weighted by Gasteiger charge is 2.14. The van der Waals surface area contributed by atoms with Crippen molar-refractivity contribution in [1.29, 1.82) is 5.26 Å². The maximum Gasteiger partial charge on any atom is 0.335 e. The summed E-state index contributed by atoms with van der Waals surface area (Å²) in [5.41, 5.74) is 2.25. The van der Waals surface area contributed by atoms with Crippen LogP contribution in [0.25, 0.3) is 6.08 Å². The molecule has 0 aliphatic rings. The van der Waals surface area contributed by atoms with Gasteiger partial charge in [0.1, 0.15) is 18.2 Å². The molecule has 0 aliphatic carbocycles. The van der Waals surface area contributed by atoms with Gasteiger partial charge in [0.15, 0.2) is 11.5 Å². The minimum absolute atomic E-state index is 0.0822. The molecule has 0 bridgehead atoms. The van der Waals surface area contributed by atoms with Crippen LogP contribution in [0.4, 0.5) is 0 Å². The standard InChI is InChI=1S/C26H21ClN2O5/c1-33-23-13-19(11-21(14-28)25(30)29-15-17-5-3-2-4-6-17)12-22(27)24(23)34-16-18-7-9-20(10-8-18)26(31)32/h2-13H,15-16H2,1H3,(H,29,30)(H,31,32)/b21-11+. The Labute approximate surface area is 201 Å². The van der Waals surface area contributed by atoms with Crippen LogP contribution in [0.15, 0.2) is 72.3 Å². The van der Waals surface area contributed by atoms with Crippen LogP contribution in [-0.2, 0) is 17.9 Å². The number of aromatic carboxylic acids is 1. The average molecular weight is 477 g/mol. The molecule has 0 unspecified atom stereocenters. The van der Waals surface area contributed by atoms with Gasteiger partial charge in [0.05, 0.1) is 17.7 Å². The highest BCUT2D eigenvalue weighted by atomic mass is 35.5. The summed E-state index contributed by atoms with van der Waals surface area (Å²) in [5.74, 6) is -0.906. The summed E-state index contributed by atoms with van der Waals surface area (Å²) in [6.45, 7) is 0.430. The van der Waals surface area contributed by atoms with E-state index in [1.807, 2.05) is 36.4 Å². The molecule has 0 spiro atoms. The molecular formula is C26H21ClN2O5. The molecule has 0 atom stereocenters. The Balaban J connectivity index is 1.74. The third-order valence-corrected chi connectivity index (χ3v) is 5.09. The Hall–Kier alpha value is -4.28. The molecule has 34 heavy (non-hydrogen) atoms. The second-order valence-electron chi connectivity index (χ2n) is 7.16. The molecule has 0 radical (unpaired) electrons. The minimum atomic E-state index is -1.01. The van der Waals surface area contributed by atoms with E-state index < -0.39 is 11.9 Å². The largest absolute Gasteiger partial charge is 0.493 e. The number of carbonyl (C=O) groups excluding carboxylic acids is 1. The molecule has 0 aliphatic heterocycles. The average Bonchev–Trinajstić information content (AvgIpc) is 2.85. The summed E-state index contributed by atoms with van der Waals surface area (Å²) < 4.78 is 11.2. The quantitative estimate of drug-likeness (QED) is 0.337. The number of hydrogen-bond donors (Lipinski definition) is 2. The maximum atomic E-state index is 12.5. The first kappa shape index (κ1) is 24.4. The molecule has 0 saturated carbocycles. The van der Waals surface area contributed by atoms with Crippen LogP contribution in [0, 0.1) is 11.3 Å². The molecule has 0 fully saturated rings. The number of methoxy groups -OCH3 is 1. The van der Waals surface area contributed by atoms with Crippen molar-refractivity contribution in [3.63, 3.8) is 0 Å². The van der Waals surface area contributed by atoms with E-state index >= 15 is 0 Å². The van der Waals surface area contributed by atoms with Crippen molar-refractivity contribution in [3.8, 4) is 17.6 Å². The van der Waals surface area contributed by atoms with E-state index in [1.165, 1.54) is 25.3 Å². The molecular weight excluding hydrogens is 456 g/mol. The zero-order valence-corrected chi connectivity index (χ0v) is 19.0. The zero-order valence-electron chi connectivity index (χ0n) is 18.2. The first-order chi connectivity index (χ1) is 16.4. The number of benzene rings is 3. The minimum Gasteiger partial charge on any atom is -0.493 e. The second-order valence-corrected chi connectivity index (χ2v) is 7.57. The molecule has 3 aromatic carbocycles. The smallest absolute Gasteiger partial charge is 0.335 e. The van der Waals surface area contributed by atoms with Crippen LogP contribution in [0.5, 0.6) is 11.5 Å². The topological polar surface area (TPSA) is 109 Å². The molecule has 2 N–H and O–H groups in total. The maximum absolute atomic E-state index is 12.5. The summed E-state index contributed by atoms with van der Waals surface area (Å²) in [6, 6.07) is 20.7. The lowest BCUT2D eigenvalue weighted by molar-refractivity contribution is -0.117. The lowest BCUT2D eigenvalue weighted by Crippen LogP contribution is -2.23. The normalized spacial score (nSPS) is 10.8. The lowest BCUT2D eigenvalue weighted by Gasteiger charge is -2.14. The predicted octanol–water partition coefficient (Wildman–Crippen LogP) is 4.85. The predicted molar refractivity (Wildman–Crippen MR) is 128 cm³/mol. The first-order valence-corrected chi connectivity index (χ1v) is 10.6. The van der Waals surface area contributed by atoms with Crippen molar-refractivity contribution in [3.05, 3.63) is 99.6 Å². The van der Waals surface area contributed by atoms with Gasteiger partial charge in [0, 0.05) is 6.54 Å². The van der Waals surface area contributed by atoms with E-state index in [9.17, 15) is 14.9 Å². The molecule has 8 heteroatoms. The Morgan fingerprint density at radius 2 is 1.79 bits per heavy atom. The van der Waals surface area contributed by atoms with Crippen molar-refractivity contribution in [2.45, 2.75) is 13.2 Å². The van der Waals surface area contributed by atoms with Crippen LogP contribution >= 0.6 is 11.6 Å². The van der Waals surface area contributed by atoms with Gasteiger partial charge in [-0.3, -0.25) is 4.79 Å². The highest BCUT2D eigenvalue weighted by molar-refractivity contribution is 6.32. The number of nitrogens with one attached hydrogen (secondary N) is 1. The van der Waals surface area contributed by atoms with Gasteiger partial charge >= 0.3 is 5.97 Å². The van der Waals surface area contributed by atoms with Crippen molar-refractivity contribution < 1.29 is 24.2 Å². The molecule has 0 saturated heterocycles. The summed E-state index contributed by atoms with van der Waals surface area (Å²) in [5, 5.41) is 21.4. The fraction of sp³-hybridized carbons (Fsp3) is 0.115. The Bertz CT molecular complexity index is 1250. The molecule has 7 nitrogen and oxygen atoms in total. The number of hydrogen-bond acceptors (Lipinski definition) is 5. The monoisotopic (exact) mass is 476 g/mol. The molecule has 172 valence electrons. The summed E-state index contributed by atoms with van der Waals surface area (Å²) in [7, 11) is 1.45. The fourth-order valence-electron chi connectivity index (χ4n) is 3.05. The number of nitrogens with zero attached hydrogens (tertiary/aromatic N) is 1. The van der Waals surface area contributed by atoms with E-state index in [-0.39, 0.29) is 28.5 Å². The van der Waals surface area contributed by atoms with Crippen molar-refractivity contribution in [2.24, 2.45) is 0 Å². The van der Waals surface area contributed by atoms with E-state index in [1.54, 1.807) is 24.3 Å². The third-order valence-electron chi connectivity index (χ3n) is 4.81. The van der Waals surface area contributed by atoms with Gasteiger partial charge in [-0.1, -0.05) is 54.1 Å². The van der Waals surface area contributed by atoms with Crippen LogP contribution in [0.3, 0.4) is 0 Å². The van der Waals surface area contributed by atoms with Crippen molar-refractivity contribution in [1.82, 2.24) is 5.32 Å². The zero-order chi connectivity index (χ0) is 24.5. The van der Waals surface area contributed by atoms with Crippen LogP contribution in [-0.4, -0.2) is 24.1 Å². The number of carbonyl (C=O) groups is 2. The molecule has 0 heterocycles. The molecule has 3 aromatic rings.